The van der Waals surface area contributed by atoms with Crippen LogP contribution in [0.4, 0.5) is 0 Å². The Bertz CT molecular complexity index is 1910. The molecule has 2 aliphatic heterocycles. The van der Waals surface area contributed by atoms with Gasteiger partial charge in [-0.3, -0.25) is 9.88 Å². The van der Waals surface area contributed by atoms with Crippen molar-refractivity contribution in [3.05, 3.63) is 105 Å². The van der Waals surface area contributed by atoms with Crippen LogP contribution in [0.3, 0.4) is 0 Å². The molecule has 2 fully saturated rings. The predicted octanol–water partition coefficient (Wildman–Crippen LogP) is 9.10. The molecule has 0 unspecified atom stereocenters. The average molecular weight is 735 g/mol. The molecule has 0 radical (unpaired) electrons. The van der Waals surface area contributed by atoms with Crippen LogP contribution in [0.2, 0.25) is 5.02 Å². The maximum absolute atomic E-state index is 11.4. The number of likely N-dealkylation sites (tertiary alicyclic amines) is 2. The molecule has 8 nitrogen and oxygen atoms in total. The Morgan fingerprint density at radius 1 is 0.830 bits per heavy atom. The molecule has 0 amide bonds. The molecular weight excluding hydrogens is 684 g/mol. The molecule has 0 N–H and O–H groups in total. The summed E-state index contributed by atoms with van der Waals surface area (Å²) in [5.41, 5.74) is 7.76. The molecule has 53 heavy (non-hydrogen) atoms. The number of aromatic nitrogens is 1. The summed E-state index contributed by atoms with van der Waals surface area (Å²) in [6, 6.07) is 20.4. The van der Waals surface area contributed by atoms with Gasteiger partial charge in [0.2, 0.25) is 0 Å². The highest BCUT2D eigenvalue weighted by molar-refractivity contribution is 6.32. The third-order valence-corrected chi connectivity index (χ3v) is 11.1. The summed E-state index contributed by atoms with van der Waals surface area (Å²) in [5.74, 6) is 2.17. The summed E-state index contributed by atoms with van der Waals surface area (Å²) < 4.78 is 19.1. The van der Waals surface area contributed by atoms with Crippen LogP contribution in [0.1, 0.15) is 78.8 Å². The third-order valence-electron chi connectivity index (χ3n) is 10.8. The SMILES string of the molecule is Cc1c(COc2cc(OCc3cncc(C#N)c3)c(CN3CCCCC3)cc2Cl)cccc1-c1cccc(OCCCN2CCC(C)(C=O)CC2)c1C. The quantitative estimate of drug-likeness (QED) is 0.0883. The number of rotatable bonds is 15. The van der Waals surface area contributed by atoms with Gasteiger partial charge in [0.1, 0.15) is 42.8 Å². The smallest absolute Gasteiger partial charge is 0.142 e. The van der Waals surface area contributed by atoms with E-state index in [1.165, 1.54) is 19.3 Å². The maximum atomic E-state index is 11.4. The second kappa shape index (κ2) is 18.1. The van der Waals surface area contributed by atoms with Gasteiger partial charge in [0.25, 0.3) is 0 Å². The number of ether oxygens (including phenoxy) is 3. The zero-order valence-corrected chi connectivity index (χ0v) is 32.1. The number of piperidine rings is 2. The summed E-state index contributed by atoms with van der Waals surface area (Å²) >= 11 is 6.89. The molecule has 0 saturated carbocycles. The molecule has 0 spiro atoms. The molecule has 1 aromatic heterocycles. The molecule has 6 rings (SSSR count). The van der Waals surface area contributed by atoms with Crippen molar-refractivity contribution in [2.24, 2.45) is 5.41 Å². The van der Waals surface area contributed by atoms with Gasteiger partial charge in [0, 0.05) is 48.1 Å². The van der Waals surface area contributed by atoms with Crippen molar-refractivity contribution < 1.29 is 19.0 Å². The Hall–Kier alpha value is -4.42. The van der Waals surface area contributed by atoms with Crippen LogP contribution in [-0.4, -0.2) is 60.4 Å². The van der Waals surface area contributed by atoms with Gasteiger partial charge < -0.3 is 23.9 Å². The van der Waals surface area contributed by atoms with Crippen molar-refractivity contribution in [1.82, 2.24) is 14.8 Å². The molecule has 0 aliphatic carbocycles. The minimum Gasteiger partial charge on any atom is -0.493 e. The standard InChI is InChI=1S/C44H51ClN4O4/c1-32-36(10-7-11-38(32)39-12-8-13-41(33(39)2)51-21-9-18-48-19-14-44(3,31-50)15-20-48)30-53-43-24-42(52-29-35-22-34(25-46)26-47-27-35)37(23-40(43)45)28-49-16-5-4-6-17-49/h7-8,10-13,22-24,26-27,31H,4-6,9,14-21,28-30H2,1-3H3. The highest BCUT2D eigenvalue weighted by Crippen LogP contribution is 2.37. The molecule has 278 valence electrons. The third kappa shape index (κ3) is 9.97. The predicted molar refractivity (Wildman–Crippen MR) is 210 cm³/mol. The summed E-state index contributed by atoms with van der Waals surface area (Å²) in [6.07, 6.45) is 10.8. The van der Waals surface area contributed by atoms with E-state index in [2.05, 4.69) is 72.0 Å². The lowest BCUT2D eigenvalue weighted by Crippen LogP contribution is -2.40. The number of carbonyl (C=O) groups excluding carboxylic acids is 1. The van der Waals surface area contributed by atoms with E-state index in [0.29, 0.717) is 35.3 Å². The molecule has 9 heteroatoms. The summed E-state index contributed by atoms with van der Waals surface area (Å²) in [5, 5.41) is 9.88. The van der Waals surface area contributed by atoms with Crippen LogP contribution >= 0.6 is 11.6 Å². The number of halogens is 1. The second-order valence-corrected chi connectivity index (χ2v) is 15.2. The van der Waals surface area contributed by atoms with E-state index in [-0.39, 0.29) is 12.0 Å². The summed E-state index contributed by atoms with van der Waals surface area (Å²) in [7, 11) is 0. The first-order valence-electron chi connectivity index (χ1n) is 18.9. The number of hydrogen-bond donors (Lipinski definition) is 0. The Labute approximate surface area is 319 Å². The van der Waals surface area contributed by atoms with Gasteiger partial charge in [0.15, 0.2) is 0 Å². The highest BCUT2D eigenvalue weighted by Gasteiger charge is 2.29. The van der Waals surface area contributed by atoms with E-state index < -0.39 is 0 Å². The topological polar surface area (TPSA) is 87.9 Å². The van der Waals surface area contributed by atoms with E-state index in [4.69, 9.17) is 25.8 Å². The lowest BCUT2D eigenvalue weighted by Gasteiger charge is -2.35. The van der Waals surface area contributed by atoms with Gasteiger partial charge in [-0.15, -0.1) is 0 Å². The number of pyridine rings is 1. The van der Waals surface area contributed by atoms with E-state index in [1.807, 2.05) is 18.2 Å². The Kier molecular flexibility index (Phi) is 13.1. The fourth-order valence-corrected chi connectivity index (χ4v) is 7.56. The normalized spacial score (nSPS) is 16.1. The molecule has 2 saturated heterocycles. The minimum absolute atomic E-state index is 0.165. The van der Waals surface area contributed by atoms with Gasteiger partial charge in [-0.2, -0.15) is 5.26 Å². The second-order valence-electron chi connectivity index (χ2n) is 14.8. The van der Waals surface area contributed by atoms with Crippen molar-refractivity contribution in [1.29, 1.82) is 5.26 Å². The van der Waals surface area contributed by atoms with Crippen LogP contribution in [0.25, 0.3) is 11.1 Å². The molecule has 0 atom stereocenters. The van der Waals surface area contributed by atoms with Gasteiger partial charge in [0.05, 0.1) is 17.2 Å². The Morgan fingerprint density at radius 2 is 1.57 bits per heavy atom. The number of hydrogen-bond acceptors (Lipinski definition) is 8. The lowest BCUT2D eigenvalue weighted by atomic mass is 9.82. The van der Waals surface area contributed by atoms with E-state index in [0.717, 1.165) is 110 Å². The van der Waals surface area contributed by atoms with Gasteiger partial charge in [-0.05, 0) is 118 Å². The van der Waals surface area contributed by atoms with Gasteiger partial charge >= 0.3 is 0 Å². The molecule has 3 aromatic carbocycles. The zero-order valence-electron chi connectivity index (χ0n) is 31.3. The van der Waals surface area contributed by atoms with E-state index in [1.54, 1.807) is 18.5 Å². The molecule has 4 aromatic rings. The number of nitriles is 1. The maximum Gasteiger partial charge on any atom is 0.142 e. The Balaban J connectivity index is 1.13. The van der Waals surface area contributed by atoms with Crippen molar-refractivity contribution in [3.8, 4) is 34.4 Å². The van der Waals surface area contributed by atoms with Crippen LogP contribution in [0.5, 0.6) is 17.2 Å². The van der Waals surface area contributed by atoms with Crippen molar-refractivity contribution in [3.63, 3.8) is 0 Å². The first-order valence-corrected chi connectivity index (χ1v) is 19.3. The van der Waals surface area contributed by atoms with Crippen LogP contribution in [0, 0.1) is 30.6 Å². The van der Waals surface area contributed by atoms with Crippen LogP contribution in [-0.2, 0) is 24.6 Å². The van der Waals surface area contributed by atoms with Crippen LogP contribution < -0.4 is 14.2 Å². The molecule has 0 bridgehead atoms. The zero-order chi connectivity index (χ0) is 37.2. The molecular formula is C44H51ClN4O4. The van der Waals surface area contributed by atoms with Crippen molar-refractivity contribution in [2.75, 3.05) is 39.3 Å². The number of benzene rings is 3. The molecule has 3 heterocycles. The van der Waals surface area contributed by atoms with Crippen LogP contribution in [0.15, 0.2) is 67.0 Å². The fourth-order valence-electron chi connectivity index (χ4n) is 7.32. The number of carbonyl (C=O) groups is 1. The van der Waals surface area contributed by atoms with E-state index in [9.17, 15) is 10.1 Å². The largest absolute Gasteiger partial charge is 0.493 e. The Morgan fingerprint density at radius 3 is 2.32 bits per heavy atom. The van der Waals surface area contributed by atoms with Crippen molar-refractivity contribution >= 4 is 17.9 Å². The highest BCUT2D eigenvalue weighted by atomic mass is 35.5. The summed E-state index contributed by atoms with van der Waals surface area (Å²) in [6.45, 7) is 13.3. The van der Waals surface area contributed by atoms with Gasteiger partial charge in [-0.1, -0.05) is 55.3 Å². The minimum atomic E-state index is -0.165. The summed E-state index contributed by atoms with van der Waals surface area (Å²) in [4.78, 5) is 20.5. The molecule has 2 aliphatic rings. The first-order chi connectivity index (χ1) is 25.7. The lowest BCUT2D eigenvalue weighted by molar-refractivity contribution is -0.117. The average Bonchev–Trinajstić information content (AvgIpc) is 3.18. The van der Waals surface area contributed by atoms with E-state index >= 15 is 0 Å². The first kappa shape index (κ1) is 38.3. The number of aldehydes is 1. The monoisotopic (exact) mass is 734 g/mol. The number of nitrogens with zero attached hydrogens (tertiary/aromatic N) is 4. The van der Waals surface area contributed by atoms with Gasteiger partial charge in [-0.25, -0.2) is 0 Å². The van der Waals surface area contributed by atoms with Crippen molar-refractivity contribution in [2.45, 2.75) is 79.1 Å². The fraction of sp³-hybridized carbons (Fsp3) is 0.432.